The number of anilines is 2. The zero-order valence-electron chi connectivity index (χ0n) is 24.0. The fraction of sp³-hybridized carbons (Fsp3) is 0.517. The Morgan fingerprint density at radius 2 is 1.79 bits per heavy atom. The van der Waals surface area contributed by atoms with E-state index < -0.39 is 69.7 Å². The van der Waals surface area contributed by atoms with E-state index in [4.69, 9.17) is 5.73 Å². The maximum atomic E-state index is 14.1. The maximum Gasteiger partial charge on any atom is 0.255 e. The Morgan fingerprint density at radius 1 is 1.12 bits per heavy atom. The molecule has 4 atom stereocenters. The van der Waals surface area contributed by atoms with Gasteiger partial charge in [0.1, 0.15) is 17.1 Å². The van der Waals surface area contributed by atoms with Gasteiger partial charge in [-0.2, -0.15) is 0 Å². The minimum atomic E-state index is -2.72. The number of carbonyl (C=O) groups excluding carboxylic acids is 4. The topological polar surface area (TPSA) is 206 Å². The van der Waals surface area contributed by atoms with E-state index in [-0.39, 0.29) is 42.3 Å². The summed E-state index contributed by atoms with van der Waals surface area (Å²) in [6.07, 6.45) is 3.20. The second kappa shape index (κ2) is 10.4. The van der Waals surface area contributed by atoms with E-state index in [1.165, 1.54) is 4.90 Å². The predicted molar refractivity (Wildman–Crippen MR) is 152 cm³/mol. The van der Waals surface area contributed by atoms with Crippen LogP contribution in [0.25, 0.3) is 0 Å². The fourth-order valence-electron chi connectivity index (χ4n) is 6.84. The number of hydrogen-bond donors (Lipinski definition) is 7. The Balaban J connectivity index is 1.61. The third kappa shape index (κ3) is 4.34. The summed E-state index contributed by atoms with van der Waals surface area (Å²) in [5, 5.41) is 51.2. The predicted octanol–water partition coefficient (Wildman–Crippen LogP) is 0.267. The third-order valence-corrected chi connectivity index (χ3v) is 9.11. The molecule has 4 aliphatic rings. The van der Waals surface area contributed by atoms with Crippen molar-refractivity contribution in [1.29, 1.82) is 0 Å². The summed E-state index contributed by atoms with van der Waals surface area (Å²) in [6, 6.07) is 0.779. The highest BCUT2D eigenvalue weighted by molar-refractivity contribution is 6.25. The number of primary amides is 1. The zero-order valence-corrected chi connectivity index (χ0v) is 24.0. The maximum absolute atomic E-state index is 14.1. The van der Waals surface area contributed by atoms with E-state index in [2.05, 4.69) is 10.6 Å². The summed E-state index contributed by atoms with van der Waals surface area (Å²) in [5.41, 5.74) is 2.41. The number of allylic oxidation sites excluding steroid dienone is 1. The van der Waals surface area contributed by atoms with Crippen molar-refractivity contribution in [2.24, 2.45) is 17.6 Å². The number of aliphatic hydroxyl groups excluding tert-OH is 2. The number of aromatic hydroxyl groups is 1. The van der Waals surface area contributed by atoms with Gasteiger partial charge in [-0.05, 0) is 57.3 Å². The van der Waals surface area contributed by atoms with Crippen molar-refractivity contribution in [3.8, 4) is 5.75 Å². The normalized spacial score (nSPS) is 27.3. The molecule has 4 aliphatic carbocycles. The molecule has 3 unspecified atom stereocenters. The highest BCUT2D eigenvalue weighted by Crippen LogP contribution is 2.53. The number of Topliss-reactive ketones (excluding diaryl/α,β-unsaturated/α-hetero) is 2. The molecule has 1 fully saturated rings. The van der Waals surface area contributed by atoms with Crippen molar-refractivity contribution >= 4 is 34.8 Å². The summed E-state index contributed by atoms with van der Waals surface area (Å²) in [4.78, 5) is 55.6. The molecule has 0 saturated heterocycles. The molecule has 0 aliphatic heterocycles. The van der Waals surface area contributed by atoms with Gasteiger partial charge in [-0.15, -0.1) is 0 Å². The fourth-order valence-corrected chi connectivity index (χ4v) is 6.84. The molecule has 1 aromatic carbocycles. The Labute approximate surface area is 242 Å². The second-order valence-electron chi connectivity index (χ2n) is 12.1. The third-order valence-electron chi connectivity index (χ3n) is 9.11. The van der Waals surface area contributed by atoms with Gasteiger partial charge >= 0.3 is 0 Å². The van der Waals surface area contributed by atoms with Gasteiger partial charge in [0.2, 0.25) is 11.7 Å². The van der Waals surface area contributed by atoms with Crippen LogP contribution in [0.3, 0.4) is 0 Å². The van der Waals surface area contributed by atoms with E-state index in [1.807, 2.05) is 0 Å². The lowest BCUT2D eigenvalue weighted by Gasteiger charge is -2.50. The molecule has 1 aromatic rings. The summed E-state index contributed by atoms with van der Waals surface area (Å²) in [6.45, 7) is 0.0204. The Morgan fingerprint density at radius 3 is 2.33 bits per heavy atom. The number of phenols is 1. The minimum Gasteiger partial charge on any atom is -0.510 e. The summed E-state index contributed by atoms with van der Waals surface area (Å²) in [5.74, 6) is -7.66. The Hall–Kier alpha value is -3.94. The van der Waals surface area contributed by atoms with Crippen LogP contribution < -0.4 is 21.3 Å². The van der Waals surface area contributed by atoms with Gasteiger partial charge in [0, 0.05) is 37.3 Å². The van der Waals surface area contributed by atoms with Gasteiger partial charge in [-0.25, -0.2) is 0 Å². The van der Waals surface area contributed by atoms with Gasteiger partial charge in [-0.3, -0.25) is 24.1 Å². The number of fused-ring (bicyclic) bond motifs is 3. The SMILES string of the molecule is CN(C)c1cc(NC(=O)CNC2CCC2)c(O)c2c1CC1CC3[C@H](N(C)C)C(O)=C(C(N)=O)C(=O)C3(O)C(O)=C1C2=O. The van der Waals surface area contributed by atoms with Crippen molar-refractivity contribution in [2.45, 2.75) is 49.8 Å². The molecule has 1 saturated carbocycles. The van der Waals surface area contributed by atoms with E-state index in [0.29, 0.717) is 11.3 Å². The van der Waals surface area contributed by atoms with E-state index in [9.17, 15) is 39.6 Å². The molecule has 13 nitrogen and oxygen atoms in total. The minimum absolute atomic E-state index is 0.00225. The number of aliphatic hydroxyl groups is 3. The van der Waals surface area contributed by atoms with Crippen LogP contribution in [-0.4, -0.2) is 101 Å². The van der Waals surface area contributed by atoms with E-state index >= 15 is 0 Å². The van der Waals surface area contributed by atoms with Gasteiger partial charge < -0.3 is 41.7 Å². The highest BCUT2D eigenvalue weighted by atomic mass is 16.3. The quantitative estimate of drug-likeness (QED) is 0.171. The molecule has 5 rings (SSSR count). The Kier molecular flexibility index (Phi) is 7.32. The van der Waals surface area contributed by atoms with Crippen molar-refractivity contribution in [3.05, 3.63) is 39.9 Å². The average Bonchev–Trinajstić information content (AvgIpc) is 2.86. The lowest BCUT2D eigenvalue weighted by molar-refractivity contribution is -0.148. The van der Waals surface area contributed by atoms with Crippen molar-refractivity contribution < 1.29 is 39.6 Å². The Bertz CT molecular complexity index is 1460. The first-order chi connectivity index (χ1) is 19.7. The lowest BCUT2D eigenvalue weighted by atomic mass is 9.58. The molecule has 0 bridgehead atoms. The monoisotopic (exact) mass is 583 g/mol. The highest BCUT2D eigenvalue weighted by Gasteiger charge is 2.63. The summed E-state index contributed by atoms with van der Waals surface area (Å²) < 4.78 is 0. The first kappa shape index (κ1) is 29.5. The van der Waals surface area contributed by atoms with Gasteiger partial charge in [-0.1, -0.05) is 6.42 Å². The molecule has 0 aromatic heterocycles. The van der Waals surface area contributed by atoms with Gasteiger partial charge in [0.15, 0.2) is 17.1 Å². The van der Waals surface area contributed by atoms with Crippen LogP contribution in [0.1, 0.15) is 41.6 Å². The first-order valence-corrected chi connectivity index (χ1v) is 13.9. The number of likely N-dealkylation sites (N-methyl/N-ethyl adjacent to an activating group) is 1. The van der Waals surface area contributed by atoms with Crippen LogP contribution in [0.4, 0.5) is 11.4 Å². The van der Waals surface area contributed by atoms with Crippen LogP contribution in [0.5, 0.6) is 5.75 Å². The van der Waals surface area contributed by atoms with E-state index in [1.54, 1.807) is 39.2 Å². The number of rotatable bonds is 7. The number of ketones is 2. The van der Waals surface area contributed by atoms with Crippen LogP contribution in [0.2, 0.25) is 0 Å². The number of nitrogens with two attached hydrogens (primary N) is 1. The van der Waals surface area contributed by atoms with Crippen LogP contribution in [0, 0.1) is 11.8 Å². The molecule has 0 spiro atoms. The van der Waals surface area contributed by atoms with Crippen LogP contribution in [-0.2, 0) is 20.8 Å². The number of nitrogens with zero attached hydrogens (tertiary/aromatic N) is 2. The second-order valence-corrected chi connectivity index (χ2v) is 12.1. The molecular weight excluding hydrogens is 546 g/mol. The first-order valence-electron chi connectivity index (χ1n) is 13.9. The zero-order chi connectivity index (χ0) is 30.8. The standard InChI is InChI=1S/C29H37N5O8/c1-33(2)17-10-16(32-18(35)11-31-13-6-5-7-13)23(36)20-14(17)8-12-9-15-22(34(3)4)25(38)21(28(30)41)27(40)29(15,42)26(39)19(12)24(20)37/h10,12-13,15,22,31,36,38-39,42H,5-9,11H2,1-4H3,(H2,30,41)(H,32,35)/t12?,15?,22-,29?/m0/s1. The number of nitrogens with one attached hydrogen (secondary N) is 2. The molecule has 42 heavy (non-hydrogen) atoms. The van der Waals surface area contributed by atoms with Crippen molar-refractivity contribution in [3.63, 3.8) is 0 Å². The lowest BCUT2D eigenvalue weighted by Crippen LogP contribution is -2.63. The van der Waals surface area contributed by atoms with Crippen molar-refractivity contribution in [1.82, 2.24) is 10.2 Å². The summed E-state index contributed by atoms with van der Waals surface area (Å²) >= 11 is 0. The molecule has 0 radical (unpaired) electrons. The summed E-state index contributed by atoms with van der Waals surface area (Å²) in [7, 11) is 6.65. The molecule has 8 N–H and O–H groups in total. The van der Waals surface area contributed by atoms with E-state index in [0.717, 1.165) is 19.3 Å². The number of hydrogen-bond acceptors (Lipinski definition) is 11. The van der Waals surface area contributed by atoms with Gasteiger partial charge in [0.05, 0.1) is 23.8 Å². The average molecular weight is 584 g/mol. The van der Waals surface area contributed by atoms with Crippen LogP contribution >= 0.6 is 0 Å². The van der Waals surface area contributed by atoms with Gasteiger partial charge in [0.25, 0.3) is 5.91 Å². The number of phenolic OH excluding ortho intramolecular Hbond substituents is 1. The van der Waals surface area contributed by atoms with Crippen LogP contribution in [0.15, 0.2) is 28.7 Å². The molecule has 2 amide bonds. The smallest absolute Gasteiger partial charge is 0.255 e. The number of benzene rings is 1. The number of amides is 2. The number of carbonyl (C=O) groups is 4. The molecule has 13 heteroatoms. The van der Waals surface area contributed by atoms with Crippen molar-refractivity contribution in [2.75, 3.05) is 45.0 Å². The molecule has 226 valence electrons. The molecular formula is C29H37N5O8. The largest absolute Gasteiger partial charge is 0.510 e. The molecule has 0 heterocycles.